The van der Waals surface area contributed by atoms with Crippen LogP contribution in [0.2, 0.25) is 0 Å². The minimum atomic E-state index is -0.218. The highest BCUT2D eigenvalue weighted by molar-refractivity contribution is 5.82. The molecule has 1 aliphatic carbocycles. The van der Waals surface area contributed by atoms with Crippen molar-refractivity contribution in [1.29, 1.82) is 0 Å². The number of hydrogen-bond acceptors (Lipinski definition) is 6. The first kappa shape index (κ1) is 23.5. The zero-order valence-corrected chi connectivity index (χ0v) is 19.9. The Kier molecular flexibility index (Phi) is 7.21. The van der Waals surface area contributed by atoms with Crippen LogP contribution in [0.5, 0.6) is 0 Å². The number of hydrogen-bond donors (Lipinski definition) is 2. The van der Waals surface area contributed by atoms with Gasteiger partial charge in [-0.2, -0.15) is 0 Å². The summed E-state index contributed by atoms with van der Waals surface area (Å²) >= 11 is 0. The summed E-state index contributed by atoms with van der Waals surface area (Å²) in [6.07, 6.45) is 6.18. The van der Waals surface area contributed by atoms with Gasteiger partial charge in [0, 0.05) is 23.0 Å². The number of nitrogens with one attached hydrogen (secondary N) is 2. The lowest BCUT2D eigenvalue weighted by molar-refractivity contribution is -0.130. The van der Waals surface area contributed by atoms with Gasteiger partial charge in [0.25, 0.3) is 0 Å². The monoisotopic (exact) mass is 484 g/mol. The van der Waals surface area contributed by atoms with Crippen LogP contribution in [0.15, 0.2) is 81.9 Å². The predicted molar refractivity (Wildman–Crippen MR) is 133 cm³/mol. The lowest BCUT2D eigenvalue weighted by Crippen LogP contribution is -2.38. The summed E-state index contributed by atoms with van der Waals surface area (Å²) in [6, 6.07) is 19.4. The van der Waals surface area contributed by atoms with Crippen molar-refractivity contribution in [3.05, 3.63) is 84.8 Å². The lowest BCUT2D eigenvalue weighted by atomic mass is 9.80. The SMILES string of the molecule is O=C(NCc1ncc(-c2ccccc2)o1)C1CCCC(C(=O)NCc2ncc(-c3ccccc3)o2)C1. The lowest BCUT2D eigenvalue weighted by Gasteiger charge is -2.27. The third kappa shape index (κ3) is 5.71. The Bertz CT molecular complexity index is 1200. The summed E-state index contributed by atoms with van der Waals surface area (Å²) in [6.45, 7) is 0.430. The first-order valence-corrected chi connectivity index (χ1v) is 12.2. The Balaban J connectivity index is 1.09. The molecule has 2 atom stereocenters. The molecule has 1 aliphatic rings. The summed E-state index contributed by atoms with van der Waals surface area (Å²) in [5, 5.41) is 5.83. The van der Waals surface area contributed by atoms with Crippen molar-refractivity contribution in [2.24, 2.45) is 11.8 Å². The van der Waals surface area contributed by atoms with Gasteiger partial charge >= 0.3 is 0 Å². The van der Waals surface area contributed by atoms with Crippen LogP contribution in [0.3, 0.4) is 0 Å². The van der Waals surface area contributed by atoms with Gasteiger partial charge in [0.05, 0.1) is 25.5 Å². The van der Waals surface area contributed by atoms with E-state index in [0.29, 0.717) is 29.7 Å². The molecule has 4 aromatic rings. The number of aromatic nitrogens is 2. The summed E-state index contributed by atoms with van der Waals surface area (Å²) in [4.78, 5) is 34.1. The molecule has 184 valence electrons. The van der Waals surface area contributed by atoms with E-state index >= 15 is 0 Å². The number of benzene rings is 2. The minimum absolute atomic E-state index is 0.0767. The fraction of sp³-hybridized carbons (Fsp3) is 0.286. The predicted octanol–water partition coefficient (Wildman–Crippen LogP) is 4.74. The molecule has 2 unspecified atom stereocenters. The molecule has 0 spiro atoms. The first-order chi connectivity index (χ1) is 17.7. The molecular formula is C28H28N4O4. The Hall–Kier alpha value is -4.20. The molecule has 36 heavy (non-hydrogen) atoms. The Morgan fingerprint density at radius 1 is 0.722 bits per heavy atom. The molecular weight excluding hydrogens is 456 g/mol. The molecule has 2 aromatic heterocycles. The highest BCUT2D eigenvalue weighted by Gasteiger charge is 2.31. The molecule has 2 N–H and O–H groups in total. The molecule has 0 saturated heterocycles. The van der Waals surface area contributed by atoms with Crippen molar-refractivity contribution in [2.75, 3.05) is 0 Å². The van der Waals surface area contributed by atoms with Gasteiger partial charge in [-0.25, -0.2) is 9.97 Å². The standard InChI is InChI=1S/C28H28N4O4/c33-27(31-17-25-29-15-23(35-25)19-8-3-1-4-9-19)21-12-7-13-22(14-21)28(34)32-18-26-30-16-24(36-26)20-10-5-2-6-11-20/h1-6,8-11,15-16,21-22H,7,12-14,17-18H2,(H,31,33)(H,32,34). The quantitative estimate of drug-likeness (QED) is 0.374. The fourth-order valence-electron chi connectivity index (χ4n) is 4.54. The Morgan fingerprint density at radius 2 is 1.17 bits per heavy atom. The third-order valence-corrected chi connectivity index (χ3v) is 6.47. The van der Waals surface area contributed by atoms with E-state index in [4.69, 9.17) is 8.83 Å². The van der Waals surface area contributed by atoms with Gasteiger partial charge in [0.15, 0.2) is 11.5 Å². The van der Waals surface area contributed by atoms with Crippen LogP contribution < -0.4 is 10.6 Å². The molecule has 8 nitrogen and oxygen atoms in total. The van der Waals surface area contributed by atoms with E-state index in [1.807, 2.05) is 60.7 Å². The van der Waals surface area contributed by atoms with Crippen molar-refractivity contribution in [1.82, 2.24) is 20.6 Å². The van der Waals surface area contributed by atoms with Gasteiger partial charge in [-0.15, -0.1) is 0 Å². The maximum atomic E-state index is 12.8. The van der Waals surface area contributed by atoms with E-state index < -0.39 is 0 Å². The van der Waals surface area contributed by atoms with E-state index in [1.54, 1.807) is 12.4 Å². The molecule has 2 heterocycles. The highest BCUT2D eigenvalue weighted by Crippen LogP contribution is 2.30. The molecule has 0 radical (unpaired) electrons. The molecule has 0 bridgehead atoms. The van der Waals surface area contributed by atoms with Crippen LogP contribution in [-0.2, 0) is 22.7 Å². The Morgan fingerprint density at radius 3 is 1.61 bits per heavy atom. The van der Waals surface area contributed by atoms with E-state index in [0.717, 1.165) is 30.4 Å². The zero-order chi connectivity index (χ0) is 24.7. The number of oxazole rings is 2. The van der Waals surface area contributed by atoms with Crippen LogP contribution in [0.25, 0.3) is 22.6 Å². The molecule has 8 heteroatoms. The smallest absolute Gasteiger partial charge is 0.223 e. The number of carbonyl (C=O) groups is 2. The zero-order valence-electron chi connectivity index (χ0n) is 19.9. The van der Waals surface area contributed by atoms with E-state index in [2.05, 4.69) is 20.6 Å². The van der Waals surface area contributed by atoms with Gasteiger partial charge in [0.1, 0.15) is 0 Å². The number of amides is 2. The second kappa shape index (κ2) is 11.0. The van der Waals surface area contributed by atoms with Gasteiger partial charge in [-0.1, -0.05) is 67.1 Å². The number of rotatable bonds is 8. The second-order valence-corrected chi connectivity index (χ2v) is 8.96. The minimum Gasteiger partial charge on any atom is -0.439 e. The molecule has 1 saturated carbocycles. The molecule has 2 amide bonds. The van der Waals surface area contributed by atoms with Crippen LogP contribution in [0.1, 0.15) is 37.5 Å². The van der Waals surface area contributed by atoms with Crippen LogP contribution in [0, 0.1) is 11.8 Å². The van der Waals surface area contributed by atoms with Crippen molar-refractivity contribution >= 4 is 11.8 Å². The van der Waals surface area contributed by atoms with Gasteiger partial charge in [-0.3, -0.25) is 9.59 Å². The van der Waals surface area contributed by atoms with E-state index in [1.165, 1.54) is 0 Å². The Labute approximate surface area is 209 Å². The van der Waals surface area contributed by atoms with E-state index in [-0.39, 0.29) is 36.7 Å². The fourth-order valence-corrected chi connectivity index (χ4v) is 4.54. The summed E-state index contributed by atoms with van der Waals surface area (Å²) < 4.78 is 11.5. The number of nitrogens with zero attached hydrogens (tertiary/aromatic N) is 2. The van der Waals surface area contributed by atoms with Gasteiger partial charge in [-0.05, 0) is 19.3 Å². The summed E-state index contributed by atoms with van der Waals surface area (Å²) in [5.41, 5.74) is 1.87. The van der Waals surface area contributed by atoms with Crippen LogP contribution in [-0.4, -0.2) is 21.8 Å². The van der Waals surface area contributed by atoms with E-state index in [9.17, 15) is 9.59 Å². The first-order valence-electron chi connectivity index (χ1n) is 12.2. The van der Waals surface area contributed by atoms with Crippen molar-refractivity contribution in [3.8, 4) is 22.6 Å². The average Bonchev–Trinajstić information content (AvgIpc) is 3.62. The molecule has 1 fully saturated rings. The second-order valence-electron chi connectivity index (χ2n) is 8.96. The molecule has 0 aliphatic heterocycles. The highest BCUT2D eigenvalue weighted by atomic mass is 16.4. The summed E-state index contributed by atoms with van der Waals surface area (Å²) in [5.74, 6) is 1.64. The normalized spacial score (nSPS) is 17.4. The number of carbonyl (C=O) groups excluding carboxylic acids is 2. The van der Waals surface area contributed by atoms with Crippen molar-refractivity contribution in [2.45, 2.75) is 38.8 Å². The largest absolute Gasteiger partial charge is 0.439 e. The average molecular weight is 485 g/mol. The third-order valence-electron chi connectivity index (χ3n) is 6.47. The van der Waals surface area contributed by atoms with Crippen molar-refractivity contribution in [3.63, 3.8) is 0 Å². The van der Waals surface area contributed by atoms with Crippen LogP contribution in [0.4, 0.5) is 0 Å². The molecule has 2 aromatic carbocycles. The van der Waals surface area contributed by atoms with Gasteiger partial charge < -0.3 is 19.5 Å². The van der Waals surface area contributed by atoms with Crippen LogP contribution >= 0.6 is 0 Å². The topological polar surface area (TPSA) is 110 Å². The van der Waals surface area contributed by atoms with Gasteiger partial charge in [0.2, 0.25) is 23.6 Å². The summed E-state index contributed by atoms with van der Waals surface area (Å²) in [7, 11) is 0. The maximum Gasteiger partial charge on any atom is 0.223 e. The maximum absolute atomic E-state index is 12.8. The molecule has 5 rings (SSSR count). The van der Waals surface area contributed by atoms with Crippen molar-refractivity contribution < 1.29 is 18.4 Å².